The molecule has 0 saturated carbocycles. The van der Waals surface area contributed by atoms with Crippen LogP contribution < -0.4 is 19.5 Å². The standard InChI is InChI=1S/C33H41NO6/c1-5-6-7-10-27(16-12-24-13-18-30(38-3)31(21-24)39-4)34-33(37)26-9-8-11-28(22-26)40-29-17-14-25(23(2)20-29)15-19-32(35)36/h8-9,11,13-14,17-18,20-22,27H,5-7,10,12,15-16,19H2,1-4H3,(H,34,37)(H,35,36). The monoisotopic (exact) mass is 547 g/mol. The van der Waals surface area contributed by atoms with Crippen LogP contribution in [0, 0.1) is 6.92 Å². The van der Waals surface area contributed by atoms with Gasteiger partial charge < -0.3 is 24.6 Å². The van der Waals surface area contributed by atoms with Gasteiger partial charge in [0.25, 0.3) is 5.91 Å². The van der Waals surface area contributed by atoms with E-state index in [2.05, 4.69) is 12.2 Å². The van der Waals surface area contributed by atoms with Crippen LogP contribution in [0.4, 0.5) is 0 Å². The molecule has 1 amide bonds. The number of ether oxygens (including phenoxy) is 3. The van der Waals surface area contributed by atoms with Gasteiger partial charge in [-0.25, -0.2) is 0 Å². The maximum atomic E-state index is 13.3. The number of benzene rings is 3. The van der Waals surface area contributed by atoms with Gasteiger partial charge in [0.2, 0.25) is 0 Å². The van der Waals surface area contributed by atoms with E-state index in [1.54, 1.807) is 26.4 Å². The Morgan fingerprint density at radius 3 is 2.35 bits per heavy atom. The summed E-state index contributed by atoms with van der Waals surface area (Å²) in [5, 5.41) is 12.2. The molecule has 3 aromatic rings. The number of carbonyl (C=O) groups is 2. The average Bonchev–Trinajstić information content (AvgIpc) is 2.95. The molecular formula is C33H41NO6. The van der Waals surface area contributed by atoms with E-state index in [0.29, 0.717) is 35.0 Å². The highest BCUT2D eigenvalue weighted by Gasteiger charge is 2.16. The molecule has 1 unspecified atom stereocenters. The highest BCUT2D eigenvalue weighted by Crippen LogP contribution is 2.29. The number of carbonyl (C=O) groups excluding carboxylic acids is 1. The van der Waals surface area contributed by atoms with Crippen molar-refractivity contribution in [1.82, 2.24) is 5.32 Å². The summed E-state index contributed by atoms with van der Waals surface area (Å²) in [5.74, 6) is 1.67. The second kappa shape index (κ2) is 15.6. The fraction of sp³-hybridized carbons (Fsp3) is 0.394. The molecule has 0 bridgehead atoms. The molecule has 0 aliphatic carbocycles. The van der Waals surface area contributed by atoms with E-state index >= 15 is 0 Å². The molecule has 214 valence electrons. The quantitative estimate of drug-likeness (QED) is 0.185. The largest absolute Gasteiger partial charge is 0.493 e. The number of aliphatic carboxylic acids is 1. The van der Waals surface area contributed by atoms with Crippen molar-refractivity contribution in [2.24, 2.45) is 0 Å². The third kappa shape index (κ3) is 9.33. The Bertz CT molecular complexity index is 1270. The zero-order valence-corrected chi connectivity index (χ0v) is 24.0. The van der Waals surface area contributed by atoms with Crippen molar-refractivity contribution in [3.63, 3.8) is 0 Å². The fourth-order valence-corrected chi connectivity index (χ4v) is 4.67. The van der Waals surface area contributed by atoms with E-state index in [0.717, 1.165) is 55.2 Å². The Hall–Kier alpha value is -4.00. The number of rotatable bonds is 16. The van der Waals surface area contributed by atoms with Gasteiger partial charge in [-0.1, -0.05) is 44.4 Å². The lowest BCUT2D eigenvalue weighted by Crippen LogP contribution is -2.35. The van der Waals surface area contributed by atoms with Crippen molar-refractivity contribution in [3.05, 3.63) is 82.9 Å². The van der Waals surface area contributed by atoms with Crippen molar-refractivity contribution in [1.29, 1.82) is 0 Å². The predicted molar refractivity (Wildman–Crippen MR) is 157 cm³/mol. The fourth-order valence-electron chi connectivity index (χ4n) is 4.67. The van der Waals surface area contributed by atoms with Crippen LogP contribution >= 0.6 is 0 Å². The van der Waals surface area contributed by atoms with Crippen LogP contribution in [-0.2, 0) is 17.6 Å². The lowest BCUT2D eigenvalue weighted by atomic mass is 9.99. The van der Waals surface area contributed by atoms with Crippen molar-refractivity contribution in [2.75, 3.05) is 14.2 Å². The third-order valence-corrected chi connectivity index (χ3v) is 6.97. The number of carboxylic acids is 1. The van der Waals surface area contributed by atoms with Crippen molar-refractivity contribution >= 4 is 11.9 Å². The average molecular weight is 548 g/mol. The third-order valence-electron chi connectivity index (χ3n) is 6.97. The molecule has 3 aromatic carbocycles. The van der Waals surface area contributed by atoms with Crippen LogP contribution in [0.3, 0.4) is 0 Å². The summed E-state index contributed by atoms with van der Waals surface area (Å²) in [6.07, 6.45) is 6.40. The Kier molecular flexibility index (Phi) is 11.9. The molecule has 0 radical (unpaired) electrons. The summed E-state index contributed by atoms with van der Waals surface area (Å²) in [6.45, 7) is 4.11. The molecule has 7 nitrogen and oxygen atoms in total. The Morgan fingerprint density at radius 1 is 0.875 bits per heavy atom. The molecule has 3 rings (SSSR count). The number of hydrogen-bond donors (Lipinski definition) is 2. The summed E-state index contributed by atoms with van der Waals surface area (Å²) in [4.78, 5) is 24.2. The number of aryl methyl sites for hydroxylation is 3. The highest BCUT2D eigenvalue weighted by molar-refractivity contribution is 5.94. The molecule has 0 saturated heterocycles. The van der Waals surface area contributed by atoms with E-state index in [9.17, 15) is 9.59 Å². The molecule has 0 aliphatic heterocycles. The molecule has 1 atom stereocenters. The predicted octanol–water partition coefficient (Wildman–Crippen LogP) is 7.13. The number of nitrogens with one attached hydrogen (secondary N) is 1. The first-order valence-corrected chi connectivity index (χ1v) is 13.9. The van der Waals surface area contributed by atoms with E-state index in [-0.39, 0.29) is 18.4 Å². The van der Waals surface area contributed by atoms with Crippen LogP contribution in [0.25, 0.3) is 0 Å². The minimum absolute atomic E-state index is 0.0396. The first kappa shape index (κ1) is 30.5. The first-order chi connectivity index (χ1) is 19.3. The summed E-state index contributed by atoms with van der Waals surface area (Å²) >= 11 is 0. The number of amides is 1. The molecule has 40 heavy (non-hydrogen) atoms. The van der Waals surface area contributed by atoms with Gasteiger partial charge in [0.1, 0.15) is 11.5 Å². The van der Waals surface area contributed by atoms with Crippen LogP contribution in [0.1, 0.15) is 72.5 Å². The van der Waals surface area contributed by atoms with Gasteiger partial charge in [-0.15, -0.1) is 0 Å². The molecular weight excluding hydrogens is 506 g/mol. The van der Waals surface area contributed by atoms with Gasteiger partial charge in [0, 0.05) is 18.0 Å². The summed E-state index contributed by atoms with van der Waals surface area (Å²) in [6, 6.07) is 18.8. The van der Waals surface area contributed by atoms with Crippen molar-refractivity contribution in [3.8, 4) is 23.0 Å². The zero-order valence-electron chi connectivity index (χ0n) is 24.0. The minimum Gasteiger partial charge on any atom is -0.493 e. The van der Waals surface area contributed by atoms with E-state index in [1.165, 1.54) is 0 Å². The van der Waals surface area contributed by atoms with Crippen molar-refractivity contribution in [2.45, 2.75) is 71.3 Å². The molecule has 0 fully saturated rings. The molecule has 0 heterocycles. The number of carboxylic acid groups (broad SMARTS) is 1. The van der Waals surface area contributed by atoms with E-state index < -0.39 is 5.97 Å². The SMILES string of the molecule is CCCCCC(CCc1ccc(OC)c(OC)c1)NC(=O)c1cccc(Oc2ccc(CCC(=O)O)c(C)c2)c1. The molecule has 0 aromatic heterocycles. The number of unbranched alkanes of at least 4 members (excludes halogenated alkanes) is 2. The Morgan fingerprint density at radius 2 is 1.65 bits per heavy atom. The normalized spacial score (nSPS) is 11.5. The molecule has 2 N–H and O–H groups in total. The summed E-state index contributed by atoms with van der Waals surface area (Å²) in [7, 11) is 3.25. The first-order valence-electron chi connectivity index (χ1n) is 13.9. The van der Waals surface area contributed by atoms with E-state index in [1.807, 2.05) is 55.5 Å². The van der Waals surface area contributed by atoms with Gasteiger partial charge in [-0.3, -0.25) is 9.59 Å². The van der Waals surface area contributed by atoms with Gasteiger partial charge in [0.15, 0.2) is 11.5 Å². The lowest BCUT2D eigenvalue weighted by molar-refractivity contribution is -0.136. The highest BCUT2D eigenvalue weighted by atomic mass is 16.5. The maximum absolute atomic E-state index is 13.3. The van der Waals surface area contributed by atoms with Crippen molar-refractivity contribution < 1.29 is 28.9 Å². The lowest BCUT2D eigenvalue weighted by Gasteiger charge is -2.20. The van der Waals surface area contributed by atoms with Gasteiger partial charge in [0.05, 0.1) is 14.2 Å². The second-order valence-corrected chi connectivity index (χ2v) is 10.0. The number of hydrogen-bond acceptors (Lipinski definition) is 5. The minimum atomic E-state index is -0.816. The van der Waals surface area contributed by atoms with Crippen LogP contribution in [0.5, 0.6) is 23.0 Å². The molecule has 7 heteroatoms. The van der Waals surface area contributed by atoms with Gasteiger partial charge >= 0.3 is 5.97 Å². The molecule has 0 spiro atoms. The Labute approximate surface area is 237 Å². The number of methoxy groups -OCH3 is 2. The maximum Gasteiger partial charge on any atom is 0.303 e. The van der Waals surface area contributed by atoms with E-state index in [4.69, 9.17) is 19.3 Å². The zero-order chi connectivity index (χ0) is 28.9. The van der Waals surface area contributed by atoms with Crippen LogP contribution in [0.15, 0.2) is 60.7 Å². The van der Waals surface area contributed by atoms with Crippen LogP contribution in [-0.4, -0.2) is 37.2 Å². The smallest absolute Gasteiger partial charge is 0.303 e. The van der Waals surface area contributed by atoms with Gasteiger partial charge in [-0.2, -0.15) is 0 Å². The molecule has 0 aliphatic rings. The second-order valence-electron chi connectivity index (χ2n) is 10.0. The topological polar surface area (TPSA) is 94.1 Å². The van der Waals surface area contributed by atoms with Gasteiger partial charge in [-0.05, 0) is 91.8 Å². The summed E-state index contributed by atoms with van der Waals surface area (Å²) < 4.78 is 16.8. The Balaban J connectivity index is 1.66. The van der Waals surface area contributed by atoms with Crippen LogP contribution in [0.2, 0.25) is 0 Å². The summed E-state index contributed by atoms with van der Waals surface area (Å²) in [5.41, 5.74) is 3.62.